The molecule has 2 aromatic carbocycles. The van der Waals surface area contributed by atoms with Crippen molar-refractivity contribution >= 4 is 8.32 Å². The molecule has 2 rings (SSSR count). The van der Waals surface area contributed by atoms with Crippen LogP contribution in [0.1, 0.15) is 51.3 Å². The van der Waals surface area contributed by atoms with Gasteiger partial charge in [-0.15, -0.1) is 0 Å². The van der Waals surface area contributed by atoms with Crippen molar-refractivity contribution in [1.82, 2.24) is 0 Å². The molecule has 0 unspecified atom stereocenters. The average molecular weight is 341 g/mol. The molecule has 0 aliphatic rings. The number of hydrogen-bond donors (Lipinski definition) is 0. The first-order valence-electron chi connectivity index (χ1n) is 8.80. The molecule has 0 spiro atoms. The summed E-state index contributed by atoms with van der Waals surface area (Å²) in [7, 11) is -1.78. The highest BCUT2D eigenvalue weighted by molar-refractivity contribution is 6.74. The first kappa shape index (κ1) is 18.8. The Kier molecular flexibility index (Phi) is 5.01. The van der Waals surface area contributed by atoms with Gasteiger partial charge in [-0.05, 0) is 48.3 Å². The van der Waals surface area contributed by atoms with Crippen LogP contribution in [0.5, 0.6) is 5.75 Å². The Morgan fingerprint density at radius 2 is 1.12 bits per heavy atom. The normalized spacial score (nSPS) is 13.0. The molecule has 0 radical (unpaired) electrons. The SMILES string of the molecule is Cc1ccc(C(C)(C)c2ccc(O[Si](C)(C)C(C)(C)C)cc2)cc1. The predicted octanol–water partition coefficient (Wildman–Crippen LogP) is 6.70. The zero-order valence-corrected chi connectivity index (χ0v) is 17.5. The average Bonchev–Trinajstić information content (AvgIpc) is 2.46. The molecule has 1 nitrogen and oxygen atoms in total. The highest BCUT2D eigenvalue weighted by Gasteiger charge is 2.39. The Balaban J connectivity index is 2.24. The quantitative estimate of drug-likeness (QED) is 0.562. The standard InChI is InChI=1S/C22H32OSi/c1-17-9-11-18(12-10-17)22(5,6)19-13-15-20(16-14-19)23-24(7,8)21(2,3)4/h9-16H,1-8H3. The second kappa shape index (κ2) is 6.40. The molecule has 0 amide bonds. The minimum absolute atomic E-state index is 0.0107. The van der Waals surface area contributed by atoms with E-state index >= 15 is 0 Å². The van der Waals surface area contributed by atoms with Crippen LogP contribution in [0.2, 0.25) is 18.1 Å². The molecule has 24 heavy (non-hydrogen) atoms. The maximum absolute atomic E-state index is 6.39. The van der Waals surface area contributed by atoms with E-state index in [0.29, 0.717) is 0 Å². The minimum Gasteiger partial charge on any atom is -0.544 e. The number of benzene rings is 2. The lowest BCUT2D eigenvalue weighted by Gasteiger charge is -2.36. The van der Waals surface area contributed by atoms with Crippen molar-refractivity contribution in [2.24, 2.45) is 0 Å². The molecule has 2 aromatic rings. The van der Waals surface area contributed by atoms with Gasteiger partial charge in [0.05, 0.1) is 0 Å². The van der Waals surface area contributed by atoms with Gasteiger partial charge in [-0.1, -0.05) is 76.6 Å². The van der Waals surface area contributed by atoms with Gasteiger partial charge in [-0.2, -0.15) is 0 Å². The van der Waals surface area contributed by atoms with Gasteiger partial charge in [-0.25, -0.2) is 0 Å². The van der Waals surface area contributed by atoms with Crippen LogP contribution < -0.4 is 4.43 Å². The van der Waals surface area contributed by atoms with Crippen LogP contribution >= 0.6 is 0 Å². The molecular weight excluding hydrogens is 308 g/mol. The molecule has 2 heteroatoms. The molecule has 0 heterocycles. The minimum atomic E-state index is -1.78. The summed E-state index contributed by atoms with van der Waals surface area (Å²) in [6, 6.07) is 17.5. The van der Waals surface area contributed by atoms with E-state index in [9.17, 15) is 0 Å². The van der Waals surface area contributed by atoms with E-state index in [4.69, 9.17) is 4.43 Å². The summed E-state index contributed by atoms with van der Waals surface area (Å²) in [5.41, 5.74) is 3.94. The maximum atomic E-state index is 6.39. The molecule has 0 saturated heterocycles. The Hall–Kier alpha value is -1.54. The highest BCUT2D eigenvalue weighted by Crippen LogP contribution is 2.38. The fraction of sp³-hybridized carbons (Fsp3) is 0.455. The van der Waals surface area contributed by atoms with Gasteiger partial charge in [0.15, 0.2) is 0 Å². The Bertz CT molecular complexity index is 673. The second-order valence-corrected chi connectivity index (χ2v) is 13.6. The maximum Gasteiger partial charge on any atom is 0.250 e. The Labute approximate surface area is 149 Å². The lowest BCUT2D eigenvalue weighted by Crippen LogP contribution is -2.43. The van der Waals surface area contributed by atoms with Gasteiger partial charge in [-0.3, -0.25) is 0 Å². The summed E-state index contributed by atoms with van der Waals surface area (Å²) < 4.78 is 6.39. The summed E-state index contributed by atoms with van der Waals surface area (Å²) in [6.45, 7) is 18.1. The van der Waals surface area contributed by atoms with E-state index in [-0.39, 0.29) is 10.5 Å². The third-order valence-electron chi connectivity index (χ3n) is 5.53. The molecule has 0 bridgehead atoms. The number of hydrogen-bond acceptors (Lipinski definition) is 1. The summed E-state index contributed by atoms with van der Waals surface area (Å²) in [5.74, 6) is 0.991. The van der Waals surface area contributed by atoms with Crippen molar-refractivity contribution in [1.29, 1.82) is 0 Å². The summed E-state index contributed by atoms with van der Waals surface area (Å²) in [6.07, 6.45) is 0. The zero-order chi connectivity index (χ0) is 18.2. The van der Waals surface area contributed by atoms with Crippen molar-refractivity contribution in [3.63, 3.8) is 0 Å². The second-order valence-electron chi connectivity index (χ2n) is 8.88. The Morgan fingerprint density at radius 3 is 1.54 bits per heavy atom. The third kappa shape index (κ3) is 3.92. The largest absolute Gasteiger partial charge is 0.544 e. The number of rotatable bonds is 4. The fourth-order valence-electron chi connectivity index (χ4n) is 2.52. The van der Waals surface area contributed by atoms with Crippen LogP contribution in [0, 0.1) is 6.92 Å². The summed E-state index contributed by atoms with van der Waals surface area (Å²) in [4.78, 5) is 0. The first-order chi connectivity index (χ1) is 10.9. The van der Waals surface area contributed by atoms with E-state index in [2.05, 4.69) is 103 Å². The van der Waals surface area contributed by atoms with E-state index in [1.54, 1.807) is 0 Å². The van der Waals surface area contributed by atoms with Crippen molar-refractivity contribution in [2.45, 2.75) is 65.1 Å². The topological polar surface area (TPSA) is 9.23 Å². The lowest BCUT2D eigenvalue weighted by atomic mass is 9.78. The molecule has 0 fully saturated rings. The van der Waals surface area contributed by atoms with E-state index in [1.165, 1.54) is 16.7 Å². The smallest absolute Gasteiger partial charge is 0.250 e. The van der Waals surface area contributed by atoms with Gasteiger partial charge < -0.3 is 4.43 Å². The van der Waals surface area contributed by atoms with E-state index in [1.807, 2.05) is 0 Å². The van der Waals surface area contributed by atoms with Crippen LogP contribution in [0.25, 0.3) is 0 Å². The van der Waals surface area contributed by atoms with Gasteiger partial charge in [0, 0.05) is 5.41 Å². The molecule has 0 N–H and O–H groups in total. The van der Waals surface area contributed by atoms with Crippen LogP contribution in [0.15, 0.2) is 48.5 Å². The van der Waals surface area contributed by atoms with Gasteiger partial charge >= 0.3 is 0 Å². The highest BCUT2D eigenvalue weighted by atomic mass is 28.4. The van der Waals surface area contributed by atoms with Crippen molar-refractivity contribution in [2.75, 3.05) is 0 Å². The summed E-state index contributed by atoms with van der Waals surface area (Å²) in [5, 5.41) is 0.215. The lowest BCUT2D eigenvalue weighted by molar-refractivity contribution is 0.491. The van der Waals surface area contributed by atoms with Crippen LogP contribution in [0.3, 0.4) is 0 Å². The van der Waals surface area contributed by atoms with Crippen molar-refractivity contribution in [3.8, 4) is 5.75 Å². The monoisotopic (exact) mass is 340 g/mol. The molecule has 0 atom stereocenters. The molecule has 130 valence electrons. The van der Waals surface area contributed by atoms with Crippen LogP contribution in [0.4, 0.5) is 0 Å². The van der Waals surface area contributed by atoms with Crippen LogP contribution in [-0.2, 0) is 5.41 Å². The fourth-order valence-corrected chi connectivity index (χ4v) is 3.56. The zero-order valence-electron chi connectivity index (χ0n) is 16.5. The van der Waals surface area contributed by atoms with E-state index in [0.717, 1.165) is 5.75 Å². The van der Waals surface area contributed by atoms with Crippen molar-refractivity contribution in [3.05, 3.63) is 65.2 Å². The van der Waals surface area contributed by atoms with Gasteiger partial charge in [0.1, 0.15) is 5.75 Å². The van der Waals surface area contributed by atoms with Gasteiger partial charge in [0.25, 0.3) is 0 Å². The molecule has 0 saturated carbocycles. The van der Waals surface area contributed by atoms with Gasteiger partial charge in [0.2, 0.25) is 8.32 Å². The summed E-state index contributed by atoms with van der Waals surface area (Å²) >= 11 is 0. The molecule has 0 aromatic heterocycles. The van der Waals surface area contributed by atoms with E-state index < -0.39 is 8.32 Å². The van der Waals surface area contributed by atoms with Crippen molar-refractivity contribution < 1.29 is 4.43 Å². The first-order valence-corrected chi connectivity index (χ1v) is 11.7. The number of aryl methyl sites for hydroxylation is 1. The molecule has 0 aliphatic heterocycles. The molecule has 0 aliphatic carbocycles. The third-order valence-corrected chi connectivity index (χ3v) is 9.89. The molecular formula is C22H32OSi. The predicted molar refractivity (Wildman–Crippen MR) is 108 cm³/mol. The van der Waals surface area contributed by atoms with Crippen LogP contribution in [-0.4, -0.2) is 8.32 Å². The Morgan fingerprint density at radius 1 is 0.708 bits per heavy atom.